The smallest absolute Gasteiger partial charge is 0.138 e. The molecule has 6 heteroatoms. The van der Waals surface area contributed by atoms with Crippen LogP contribution in [0.5, 0.6) is 5.75 Å². The zero-order chi connectivity index (χ0) is 25.8. The van der Waals surface area contributed by atoms with Crippen molar-refractivity contribution >= 4 is 11.6 Å². The van der Waals surface area contributed by atoms with Crippen LogP contribution in [0, 0.1) is 5.92 Å². The Morgan fingerprint density at radius 2 is 1.77 bits per heavy atom. The molecule has 3 rings (SSSR count). The van der Waals surface area contributed by atoms with E-state index in [-0.39, 0.29) is 24.0 Å². The Labute approximate surface area is 214 Å². The zero-order valence-corrected chi connectivity index (χ0v) is 22.5. The standard InChI is InChI=1S/C29H39ClN2O3/c1-19(2)35-27-12-11-23(17-24(27)30)26(34)16-21(13-14-33)15-20-7-9-22(10-8-20)25-18-32(6)28(31-25)29(3,4)5/h7-12,17-19,21,26,33-34H,13-16H2,1-6H3/t21-,26?/m1/s1. The average molecular weight is 499 g/mol. The van der Waals surface area contributed by atoms with Crippen LogP contribution < -0.4 is 4.74 Å². The largest absolute Gasteiger partial charge is 0.489 e. The molecule has 1 unspecified atom stereocenters. The van der Waals surface area contributed by atoms with Gasteiger partial charge in [0.15, 0.2) is 0 Å². The van der Waals surface area contributed by atoms with E-state index in [1.807, 2.05) is 33.0 Å². The van der Waals surface area contributed by atoms with Crippen LogP contribution in [-0.4, -0.2) is 32.5 Å². The molecule has 0 aliphatic rings. The van der Waals surface area contributed by atoms with Gasteiger partial charge in [-0.25, -0.2) is 4.98 Å². The third-order valence-corrected chi connectivity index (χ3v) is 6.41. The summed E-state index contributed by atoms with van der Waals surface area (Å²) in [6.07, 6.45) is 3.37. The first kappa shape index (κ1) is 27.3. The third kappa shape index (κ3) is 7.33. The van der Waals surface area contributed by atoms with E-state index in [4.69, 9.17) is 21.3 Å². The molecule has 5 nitrogen and oxygen atoms in total. The van der Waals surface area contributed by atoms with Crippen LogP contribution in [0.4, 0.5) is 0 Å². The van der Waals surface area contributed by atoms with E-state index >= 15 is 0 Å². The molecule has 2 N–H and O–H groups in total. The van der Waals surface area contributed by atoms with Gasteiger partial charge in [-0.1, -0.05) is 62.7 Å². The number of aryl methyl sites for hydroxylation is 1. The van der Waals surface area contributed by atoms with Crippen molar-refractivity contribution in [1.29, 1.82) is 0 Å². The molecule has 0 saturated carbocycles. The summed E-state index contributed by atoms with van der Waals surface area (Å²) in [5, 5.41) is 21.0. The average Bonchev–Trinajstić information content (AvgIpc) is 3.17. The number of rotatable bonds is 10. The fourth-order valence-electron chi connectivity index (χ4n) is 4.46. The molecule has 0 fully saturated rings. The van der Waals surface area contributed by atoms with Crippen molar-refractivity contribution in [1.82, 2.24) is 9.55 Å². The number of hydrogen-bond acceptors (Lipinski definition) is 4. The minimum atomic E-state index is -0.666. The van der Waals surface area contributed by atoms with Crippen molar-refractivity contribution in [3.05, 3.63) is 70.6 Å². The highest BCUT2D eigenvalue weighted by molar-refractivity contribution is 6.32. The van der Waals surface area contributed by atoms with Crippen molar-refractivity contribution in [2.75, 3.05) is 6.61 Å². The molecule has 1 heterocycles. The highest BCUT2D eigenvalue weighted by Crippen LogP contribution is 2.32. The first-order valence-corrected chi connectivity index (χ1v) is 12.7. The normalized spacial score (nSPS) is 13.8. The molecule has 1 aromatic heterocycles. The lowest BCUT2D eigenvalue weighted by atomic mass is 9.88. The minimum Gasteiger partial charge on any atom is -0.489 e. The summed E-state index contributed by atoms with van der Waals surface area (Å²) >= 11 is 6.36. The van der Waals surface area contributed by atoms with E-state index < -0.39 is 6.10 Å². The molecule has 3 aromatic rings. The van der Waals surface area contributed by atoms with Gasteiger partial charge in [-0.05, 0) is 62.3 Å². The van der Waals surface area contributed by atoms with Crippen LogP contribution in [0.1, 0.15) is 70.5 Å². The summed E-state index contributed by atoms with van der Waals surface area (Å²) in [6.45, 7) is 10.5. The monoisotopic (exact) mass is 498 g/mol. The van der Waals surface area contributed by atoms with Crippen LogP contribution >= 0.6 is 11.6 Å². The first-order chi connectivity index (χ1) is 16.5. The molecule has 0 bridgehead atoms. The van der Waals surface area contributed by atoms with E-state index in [1.165, 1.54) is 5.56 Å². The summed E-state index contributed by atoms with van der Waals surface area (Å²) in [5.41, 5.74) is 3.96. The molecule has 190 valence electrons. The van der Waals surface area contributed by atoms with E-state index in [2.05, 4.69) is 55.8 Å². The van der Waals surface area contributed by atoms with Crippen LogP contribution in [0.3, 0.4) is 0 Å². The number of ether oxygens (including phenoxy) is 1. The van der Waals surface area contributed by atoms with Gasteiger partial charge in [0.1, 0.15) is 11.6 Å². The lowest BCUT2D eigenvalue weighted by Crippen LogP contribution is -2.17. The van der Waals surface area contributed by atoms with E-state index in [9.17, 15) is 10.2 Å². The maximum Gasteiger partial charge on any atom is 0.138 e. The number of hydrogen-bond donors (Lipinski definition) is 2. The SMILES string of the molecule is CC(C)Oc1ccc(C(O)C[C@H](CCO)Cc2ccc(-c3cn(C)c(C(C)(C)C)n3)cc2)cc1Cl. The van der Waals surface area contributed by atoms with Gasteiger partial charge in [0.2, 0.25) is 0 Å². The van der Waals surface area contributed by atoms with Crippen molar-refractivity contribution < 1.29 is 14.9 Å². The molecule has 0 amide bonds. The van der Waals surface area contributed by atoms with Gasteiger partial charge in [0.05, 0.1) is 22.9 Å². The summed E-state index contributed by atoms with van der Waals surface area (Å²) in [5.74, 6) is 1.80. The fraction of sp³-hybridized carbons (Fsp3) is 0.483. The van der Waals surface area contributed by atoms with Crippen LogP contribution in [0.2, 0.25) is 5.02 Å². The quantitative estimate of drug-likeness (QED) is 0.335. The molecule has 0 saturated heterocycles. The third-order valence-electron chi connectivity index (χ3n) is 6.12. The number of imidazole rings is 1. The predicted octanol–water partition coefficient (Wildman–Crippen LogP) is 6.49. The Bertz CT molecular complexity index is 1100. The maximum absolute atomic E-state index is 10.9. The van der Waals surface area contributed by atoms with E-state index in [1.54, 1.807) is 6.07 Å². The molecule has 2 aromatic carbocycles. The number of benzene rings is 2. The van der Waals surface area contributed by atoms with Gasteiger partial charge < -0.3 is 19.5 Å². The Morgan fingerprint density at radius 1 is 1.09 bits per heavy atom. The molecule has 35 heavy (non-hydrogen) atoms. The first-order valence-electron chi connectivity index (χ1n) is 12.4. The van der Waals surface area contributed by atoms with Gasteiger partial charge in [-0.15, -0.1) is 0 Å². The lowest BCUT2D eigenvalue weighted by molar-refractivity contribution is 0.132. The molecular formula is C29H39ClN2O3. The summed E-state index contributed by atoms with van der Waals surface area (Å²) < 4.78 is 7.78. The lowest BCUT2D eigenvalue weighted by Gasteiger charge is -2.21. The van der Waals surface area contributed by atoms with E-state index in [0.29, 0.717) is 23.6 Å². The van der Waals surface area contributed by atoms with Crippen LogP contribution in [0.15, 0.2) is 48.7 Å². The molecular weight excluding hydrogens is 460 g/mol. The Morgan fingerprint density at radius 3 is 2.31 bits per heavy atom. The summed E-state index contributed by atoms with van der Waals surface area (Å²) in [4.78, 5) is 4.85. The molecule has 0 aliphatic heterocycles. The molecule has 0 radical (unpaired) electrons. The van der Waals surface area contributed by atoms with Crippen molar-refractivity contribution in [2.45, 2.75) is 71.5 Å². The molecule has 0 spiro atoms. The zero-order valence-electron chi connectivity index (χ0n) is 21.8. The highest BCUT2D eigenvalue weighted by atomic mass is 35.5. The second-order valence-electron chi connectivity index (χ2n) is 10.7. The van der Waals surface area contributed by atoms with Gasteiger partial charge in [-0.3, -0.25) is 0 Å². The van der Waals surface area contributed by atoms with Crippen LogP contribution in [-0.2, 0) is 18.9 Å². The van der Waals surface area contributed by atoms with Gasteiger partial charge in [0, 0.05) is 30.8 Å². The van der Waals surface area contributed by atoms with Gasteiger partial charge in [0.25, 0.3) is 0 Å². The van der Waals surface area contributed by atoms with Gasteiger partial charge in [-0.2, -0.15) is 0 Å². The Hall–Kier alpha value is -2.34. The number of aliphatic hydroxyl groups excluding tert-OH is 2. The minimum absolute atomic E-state index is 0.0166. The molecule has 2 atom stereocenters. The second kappa shape index (κ2) is 11.6. The van der Waals surface area contributed by atoms with Crippen LogP contribution in [0.25, 0.3) is 11.3 Å². The Balaban J connectivity index is 1.69. The van der Waals surface area contributed by atoms with E-state index in [0.717, 1.165) is 29.1 Å². The number of aliphatic hydroxyl groups is 2. The van der Waals surface area contributed by atoms with Crippen molar-refractivity contribution in [2.24, 2.45) is 13.0 Å². The maximum atomic E-state index is 10.9. The van der Waals surface area contributed by atoms with Crippen molar-refractivity contribution in [3.8, 4) is 17.0 Å². The predicted molar refractivity (Wildman–Crippen MR) is 143 cm³/mol. The molecule has 0 aliphatic carbocycles. The number of halogens is 1. The summed E-state index contributed by atoms with van der Waals surface area (Å²) in [7, 11) is 2.04. The number of nitrogens with zero attached hydrogens (tertiary/aromatic N) is 2. The topological polar surface area (TPSA) is 67.5 Å². The van der Waals surface area contributed by atoms with Crippen molar-refractivity contribution in [3.63, 3.8) is 0 Å². The number of aromatic nitrogens is 2. The fourth-order valence-corrected chi connectivity index (χ4v) is 4.69. The second-order valence-corrected chi connectivity index (χ2v) is 11.1. The Kier molecular flexibility index (Phi) is 9.03. The summed E-state index contributed by atoms with van der Waals surface area (Å²) in [6, 6.07) is 13.9. The highest BCUT2D eigenvalue weighted by Gasteiger charge is 2.21. The van der Waals surface area contributed by atoms with Gasteiger partial charge >= 0.3 is 0 Å².